The average molecular weight is 500 g/mol. The Morgan fingerprint density at radius 2 is 1.89 bits per heavy atom. The predicted octanol–water partition coefficient (Wildman–Crippen LogP) is 3.00. The number of nitrogens with zero attached hydrogens (tertiary/aromatic N) is 4. The summed E-state index contributed by atoms with van der Waals surface area (Å²) in [4.78, 5) is 4.79. The molecule has 0 saturated carbocycles. The Balaban J connectivity index is 0.00000392. The second-order valence-electron chi connectivity index (χ2n) is 7.03. The van der Waals surface area contributed by atoms with E-state index in [9.17, 15) is 0 Å². The Kier molecular flexibility index (Phi) is 10.3. The number of guanidine groups is 1. The lowest BCUT2D eigenvalue weighted by Crippen LogP contribution is -2.40. The van der Waals surface area contributed by atoms with E-state index in [0.29, 0.717) is 6.54 Å². The van der Waals surface area contributed by atoms with Crippen molar-refractivity contribution in [3.05, 3.63) is 42.0 Å². The van der Waals surface area contributed by atoms with Gasteiger partial charge in [0.1, 0.15) is 17.9 Å². The highest BCUT2D eigenvalue weighted by molar-refractivity contribution is 14.0. The third-order valence-corrected chi connectivity index (χ3v) is 4.51. The van der Waals surface area contributed by atoms with Crippen LogP contribution < -0.4 is 15.4 Å². The lowest BCUT2D eigenvalue weighted by molar-refractivity contribution is 0.414. The summed E-state index contributed by atoms with van der Waals surface area (Å²) in [7, 11) is 1.68. The zero-order chi connectivity index (χ0) is 19.7. The second kappa shape index (κ2) is 11.9. The molecule has 0 radical (unpaired) electrons. The zero-order valence-corrected chi connectivity index (χ0v) is 19.9. The van der Waals surface area contributed by atoms with Crippen molar-refractivity contribution in [2.24, 2.45) is 4.99 Å². The van der Waals surface area contributed by atoms with Gasteiger partial charge in [0.05, 0.1) is 13.7 Å². The Morgan fingerprint density at radius 3 is 2.50 bits per heavy atom. The number of aliphatic imine (C=N–C) groups is 1. The number of hydrogen-bond acceptors (Lipinski definition) is 4. The molecule has 2 N–H and O–H groups in total. The lowest BCUT2D eigenvalue weighted by Gasteiger charge is -2.24. The van der Waals surface area contributed by atoms with Crippen molar-refractivity contribution < 1.29 is 4.74 Å². The highest BCUT2D eigenvalue weighted by atomic mass is 127. The Labute approximate surface area is 185 Å². The first-order valence-corrected chi connectivity index (χ1v) is 9.53. The van der Waals surface area contributed by atoms with Crippen molar-refractivity contribution in [1.82, 2.24) is 25.4 Å². The fraction of sp³-hybridized carbons (Fsp3) is 0.550. The number of rotatable bonds is 9. The largest absolute Gasteiger partial charge is 0.497 e. The molecule has 1 heterocycles. The SMILES string of the molecule is CCNC(=NCC(C)(C)c1ccc(OC)cc1)NCCn1cnnc1CC.I. The zero-order valence-electron chi connectivity index (χ0n) is 17.5. The number of aromatic nitrogens is 3. The molecule has 0 bridgehead atoms. The Hall–Kier alpha value is -1.84. The van der Waals surface area contributed by atoms with Crippen molar-refractivity contribution in [3.8, 4) is 5.75 Å². The number of methoxy groups -OCH3 is 1. The minimum Gasteiger partial charge on any atom is -0.497 e. The van der Waals surface area contributed by atoms with Gasteiger partial charge in [-0.3, -0.25) is 4.99 Å². The highest BCUT2D eigenvalue weighted by Gasteiger charge is 2.20. The van der Waals surface area contributed by atoms with E-state index in [1.54, 1.807) is 13.4 Å². The van der Waals surface area contributed by atoms with E-state index < -0.39 is 0 Å². The van der Waals surface area contributed by atoms with Gasteiger partial charge in [0.2, 0.25) is 0 Å². The quantitative estimate of drug-likeness (QED) is 0.315. The fourth-order valence-corrected chi connectivity index (χ4v) is 2.79. The highest BCUT2D eigenvalue weighted by Crippen LogP contribution is 2.25. The molecular formula is C20H33IN6O. The van der Waals surface area contributed by atoms with Gasteiger partial charge < -0.3 is 19.9 Å². The van der Waals surface area contributed by atoms with Crippen LogP contribution in [-0.2, 0) is 18.4 Å². The topological polar surface area (TPSA) is 76.4 Å². The summed E-state index contributed by atoms with van der Waals surface area (Å²) in [6.45, 7) is 11.6. The molecule has 0 spiro atoms. The Bertz CT molecular complexity index is 727. The number of aryl methyl sites for hydroxylation is 1. The van der Waals surface area contributed by atoms with Crippen molar-refractivity contribution in [2.75, 3.05) is 26.7 Å². The Morgan fingerprint density at radius 1 is 1.18 bits per heavy atom. The molecule has 2 aromatic rings. The molecule has 0 unspecified atom stereocenters. The van der Waals surface area contributed by atoms with Crippen LogP contribution >= 0.6 is 24.0 Å². The second-order valence-corrected chi connectivity index (χ2v) is 7.03. The summed E-state index contributed by atoms with van der Waals surface area (Å²) in [5, 5.41) is 14.8. The maximum absolute atomic E-state index is 5.24. The van der Waals surface area contributed by atoms with Crippen LogP contribution in [0.2, 0.25) is 0 Å². The van der Waals surface area contributed by atoms with E-state index >= 15 is 0 Å². The maximum atomic E-state index is 5.24. The van der Waals surface area contributed by atoms with Gasteiger partial charge in [-0.25, -0.2) is 0 Å². The van der Waals surface area contributed by atoms with Crippen molar-refractivity contribution in [1.29, 1.82) is 0 Å². The summed E-state index contributed by atoms with van der Waals surface area (Å²) in [5.41, 5.74) is 1.16. The number of halogens is 1. The van der Waals surface area contributed by atoms with Crippen LogP contribution in [0.3, 0.4) is 0 Å². The van der Waals surface area contributed by atoms with Gasteiger partial charge >= 0.3 is 0 Å². The molecule has 7 nitrogen and oxygen atoms in total. The van der Waals surface area contributed by atoms with Gasteiger partial charge in [0.15, 0.2) is 5.96 Å². The molecular weight excluding hydrogens is 467 g/mol. The lowest BCUT2D eigenvalue weighted by atomic mass is 9.85. The van der Waals surface area contributed by atoms with E-state index in [1.807, 2.05) is 12.1 Å². The number of benzene rings is 1. The van der Waals surface area contributed by atoms with Crippen LogP contribution in [0.1, 0.15) is 39.1 Å². The molecule has 0 fully saturated rings. The molecule has 8 heteroatoms. The maximum Gasteiger partial charge on any atom is 0.191 e. The summed E-state index contributed by atoms with van der Waals surface area (Å²) in [6.07, 6.45) is 2.65. The summed E-state index contributed by atoms with van der Waals surface area (Å²) in [6, 6.07) is 8.20. The van der Waals surface area contributed by atoms with Crippen LogP contribution in [0.15, 0.2) is 35.6 Å². The summed E-state index contributed by atoms with van der Waals surface area (Å²) in [5.74, 6) is 2.69. The molecule has 0 aliphatic heterocycles. The van der Waals surface area contributed by atoms with Gasteiger partial charge in [-0.2, -0.15) is 0 Å². The standard InChI is InChI=1S/C20H32N6O.HI/c1-6-18-25-24-15-26(18)13-12-22-19(21-7-2)23-14-20(3,4)16-8-10-17(27-5)11-9-16;/h8-11,15H,6-7,12-14H2,1-5H3,(H2,21,22,23);1H. The third kappa shape index (κ3) is 6.96. The number of hydrogen-bond donors (Lipinski definition) is 2. The van der Waals surface area contributed by atoms with Gasteiger partial charge in [0, 0.05) is 31.5 Å². The molecule has 0 saturated heterocycles. The van der Waals surface area contributed by atoms with Crippen LogP contribution in [-0.4, -0.2) is 47.5 Å². The molecule has 2 rings (SSSR count). The molecule has 0 aliphatic carbocycles. The molecule has 156 valence electrons. The average Bonchev–Trinajstić information content (AvgIpc) is 3.13. The summed E-state index contributed by atoms with van der Waals surface area (Å²) >= 11 is 0. The van der Waals surface area contributed by atoms with Crippen LogP contribution in [0.5, 0.6) is 5.75 Å². The van der Waals surface area contributed by atoms with E-state index in [2.05, 4.69) is 65.2 Å². The number of nitrogens with one attached hydrogen (secondary N) is 2. The number of ether oxygens (including phenoxy) is 1. The molecule has 28 heavy (non-hydrogen) atoms. The molecule has 0 atom stereocenters. The first-order chi connectivity index (χ1) is 13.0. The molecule has 1 aromatic heterocycles. The predicted molar refractivity (Wildman–Crippen MR) is 125 cm³/mol. The van der Waals surface area contributed by atoms with Crippen LogP contribution in [0, 0.1) is 0 Å². The van der Waals surface area contributed by atoms with Crippen molar-refractivity contribution in [3.63, 3.8) is 0 Å². The van der Waals surface area contributed by atoms with Crippen LogP contribution in [0.4, 0.5) is 0 Å². The van der Waals surface area contributed by atoms with E-state index in [1.165, 1.54) is 5.56 Å². The van der Waals surface area contributed by atoms with Crippen molar-refractivity contribution in [2.45, 2.75) is 46.1 Å². The third-order valence-electron chi connectivity index (χ3n) is 4.51. The summed E-state index contributed by atoms with van der Waals surface area (Å²) < 4.78 is 7.31. The molecule has 0 amide bonds. The van der Waals surface area contributed by atoms with E-state index in [4.69, 9.17) is 9.73 Å². The molecule has 0 aliphatic rings. The van der Waals surface area contributed by atoms with Gasteiger partial charge in [0.25, 0.3) is 0 Å². The van der Waals surface area contributed by atoms with Crippen molar-refractivity contribution >= 4 is 29.9 Å². The van der Waals surface area contributed by atoms with E-state index in [-0.39, 0.29) is 29.4 Å². The smallest absolute Gasteiger partial charge is 0.191 e. The first-order valence-electron chi connectivity index (χ1n) is 9.53. The van der Waals surface area contributed by atoms with Gasteiger partial charge in [-0.1, -0.05) is 32.9 Å². The monoisotopic (exact) mass is 500 g/mol. The van der Waals surface area contributed by atoms with Gasteiger partial charge in [-0.05, 0) is 24.6 Å². The fourth-order valence-electron chi connectivity index (χ4n) is 2.79. The van der Waals surface area contributed by atoms with Gasteiger partial charge in [-0.15, -0.1) is 34.2 Å². The minimum absolute atomic E-state index is 0. The molecule has 1 aromatic carbocycles. The minimum atomic E-state index is -0.0712. The normalized spacial score (nSPS) is 11.7. The van der Waals surface area contributed by atoms with Crippen LogP contribution in [0.25, 0.3) is 0 Å². The first kappa shape index (κ1) is 24.2. The van der Waals surface area contributed by atoms with E-state index in [0.717, 1.165) is 43.6 Å².